The van der Waals surface area contributed by atoms with Crippen LogP contribution in [0.25, 0.3) is 0 Å². The minimum absolute atomic E-state index is 0.0308. The van der Waals surface area contributed by atoms with Gasteiger partial charge in [-0.2, -0.15) is 13.2 Å². The summed E-state index contributed by atoms with van der Waals surface area (Å²) in [6.45, 7) is 3.28. The van der Waals surface area contributed by atoms with Gasteiger partial charge in [0.2, 0.25) is 0 Å². The first-order valence-electron chi connectivity index (χ1n) is 11.6. The molecule has 2 aromatic rings. The van der Waals surface area contributed by atoms with Crippen LogP contribution in [0.4, 0.5) is 13.2 Å². The van der Waals surface area contributed by atoms with Gasteiger partial charge in [0.05, 0.1) is 18.3 Å². The molecule has 1 unspecified atom stereocenters. The molecule has 1 aliphatic heterocycles. The van der Waals surface area contributed by atoms with Crippen LogP contribution in [-0.4, -0.2) is 44.4 Å². The summed E-state index contributed by atoms with van der Waals surface area (Å²) in [5, 5.41) is 0.745. The molecule has 0 bridgehead atoms. The zero-order valence-electron chi connectivity index (χ0n) is 18.9. The van der Waals surface area contributed by atoms with Crippen LogP contribution < -0.4 is 4.74 Å². The number of ether oxygens (including phenoxy) is 2. The smallest absolute Gasteiger partial charge is 0.416 e. The third-order valence-electron chi connectivity index (χ3n) is 7.26. The molecular formula is C26H31ClF3NO2. The summed E-state index contributed by atoms with van der Waals surface area (Å²) in [6.07, 6.45) is 1.32. The largest absolute Gasteiger partial charge is 0.493 e. The molecule has 2 aromatic carbocycles. The molecule has 3 nitrogen and oxygen atoms in total. The second-order valence-corrected chi connectivity index (χ2v) is 9.78. The highest BCUT2D eigenvalue weighted by atomic mass is 35.5. The minimum Gasteiger partial charge on any atom is -0.493 e. The highest BCUT2D eigenvalue weighted by molar-refractivity contribution is 6.30. The van der Waals surface area contributed by atoms with Crippen molar-refractivity contribution in [3.8, 4) is 5.75 Å². The van der Waals surface area contributed by atoms with Crippen LogP contribution in [0.15, 0.2) is 48.5 Å². The minimum atomic E-state index is -4.33. The molecule has 0 amide bonds. The zero-order chi connectivity index (χ0) is 23.5. The summed E-state index contributed by atoms with van der Waals surface area (Å²) in [6, 6.07) is 13.1. The van der Waals surface area contributed by atoms with E-state index in [2.05, 4.69) is 17.0 Å². The van der Waals surface area contributed by atoms with Gasteiger partial charge in [0.25, 0.3) is 0 Å². The lowest BCUT2D eigenvalue weighted by Crippen LogP contribution is -2.53. The van der Waals surface area contributed by atoms with Crippen molar-refractivity contribution >= 4 is 11.6 Å². The molecule has 0 N–H and O–H groups in total. The van der Waals surface area contributed by atoms with Crippen LogP contribution in [0.5, 0.6) is 5.75 Å². The molecule has 180 valence electrons. The van der Waals surface area contributed by atoms with Crippen LogP contribution >= 0.6 is 11.6 Å². The number of piperidine rings is 1. The van der Waals surface area contributed by atoms with E-state index in [1.807, 2.05) is 12.1 Å². The van der Waals surface area contributed by atoms with Gasteiger partial charge in [-0.15, -0.1) is 0 Å². The van der Waals surface area contributed by atoms with E-state index < -0.39 is 11.7 Å². The van der Waals surface area contributed by atoms with E-state index in [9.17, 15) is 13.2 Å². The van der Waals surface area contributed by atoms with E-state index in [4.69, 9.17) is 21.1 Å². The first-order chi connectivity index (χ1) is 15.8. The van der Waals surface area contributed by atoms with Crippen LogP contribution in [0.2, 0.25) is 5.02 Å². The average Bonchev–Trinajstić information content (AvgIpc) is 2.77. The summed E-state index contributed by atoms with van der Waals surface area (Å²) < 4.78 is 50.1. The molecule has 2 fully saturated rings. The summed E-state index contributed by atoms with van der Waals surface area (Å²) in [7, 11) is 1.80. The number of alkyl halides is 3. The van der Waals surface area contributed by atoms with Crippen molar-refractivity contribution in [1.29, 1.82) is 0 Å². The van der Waals surface area contributed by atoms with Gasteiger partial charge in [-0.05, 0) is 74.2 Å². The van der Waals surface area contributed by atoms with Crippen molar-refractivity contribution in [3.05, 3.63) is 64.7 Å². The summed E-state index contributed by atoms with van der Waals surface area (Å²) in [5.41, 5.74) is 0.669. The van der Waals surface area contributed by atoms with E-state index in [1.54, 1.807) is 7.11 Å². The van der Waals surface area contributed by atoms with Gasteiger partial charge in [0.15, 0.2) is 0 Å². The Kier molecular flexibility index (Phi) is 7.56. The standard InChI is InChI=1S/C26H31ClF3NO2/c1-32-24(25(13-3-14-25)20-5-9-22(27)10-6-20)17-31-15-2-4-19(16-31)18-33-23-11-7-21(8-12-23)26(28,29)30/h5-12,19,24H,2-4,13-18H2,1H3/t19-,24?/m0/s1. The van der Waals surface area contributed by atoms with Crippen molar-refractivity contribution in [2.75, 3.05) is 33.4 Å². The molecule has 2 atom stereocenters. The Morgan fingerprint density at radius 1 is 1.06 bits per heavy atom. The number of hydrogen-bond donors (Lipinski definition) is 0. The summed E-state index contributed by atoms with van der Waals surface area (Å²) >= 11 is 6.11. The fraction of sp³-hybridized carbons (Fsp3) is 0.538. The number of rotatable bonds is 8. The molecule has 1 heterocycles. The van der Waals surface area contributed by atoms with Crippen molar-refractivity contribution in [2.45, 2.75) is 49.8 Å². The third-order valence-corrected chi connectivity index (χ3v) is 7.51. The molecule has 2 aliphatic rings. The van der Waals surface area contributed by atoms with Gasteiger partial charge in [0, 0.05) is 36.6 Å². The molecular weight excluding hydrogens is 451 g/mol. The molecule has 33 heavy (non-hydrogen) atoms. The second-order valence-electron chi connectivity index (χ2n) is 9.34. The maximum atomic E-state index is 12.7. The van der Waals surface area contributed by atoms with Gasteiger partial charge >= 0.3 is 6.18 Å². The number of halogens is 4. The first-order valence-corrected chi connectivity index (χ1v) is 12.0. The predicted molar refractivity (Wildman–Crippen MR) is 124 cm³/mol. The first kappa shape index (κ1) is 24.4. The van der Waals surface area contributed by atoms with Crippen LogP contribution in [-0.2, 0) is 16.3 Å². The molecule has 1 saturated heterocycles. The SMILES string of the molecule is COC(CN1CCC[C@H](COc2ccc(C(F)(F)F)cc2)C1)C1(c2ccc(Cl)cc2)CCC1. The normalized spacial score (nSPS) is 21.9. The Labute approximate surface area is 198 Å². The van der Waals surface area contributed by atoms with Crippen LogP contribution in [0.3, 0.4) is 0 Å². The lowest BCUT2D eigenvalue weighted by molar-refractivity contribution is -0.137. The second kappa shape index (κ2) is 10.2. The third kappa shape index (κ3) is 5.67. The van der Waals surface area contributed by atoms with E-state index in [-0.39, 0.29) is 11.5 Å². The maximum absolute atomic E-state index is 12.7. The molecule has 7 heteroatoms. The van der Waals surface area contributed by atoms with Gasteiger partial charge < -0.3 is 14.4 Å². The zero-order valence-corrected chi connectivity index (χ0v) is 19.7. The number of nitrogens with zero attached hydrogens (tertiary/aromatic N) is 1. The van der Waals surface area contributed by atoms with E-state index in [0.717, 1.165) is 62.5 Å². The number of methoxy groups -OCH3 is 1. The van der Waals surface area contributed by atoms with Crippen molar-refractivity contribution < 1.29 is 22.6 Å². The fourth-order valence-electron chi connectivity index (χ4n) is 5.25. The average molecular weight is 482 g/mol. The molecule has 1 saturated carbocycles. The Morgan fingerprint density at radius 2 is 1.76 bits per heavy atom. The van der Waals surface area contributed by atoms with Gasteiger partial charge in [-0.1, -0.05) is 30.2 Å². The predicted octanol–water partition coefficient (Wildman–Crippen LogP) is 6.59. The van der Waals surface area contributed by atoms with Gasteiger partial charge in [0.1, 0.15) is 5.75 Å². The highest BCUT2D eigenvalue weighted by Crippen LogP contribution is 2.48. The van der Waals surface area contributed by atoms with Crippen molar-refractivity contribution in [1.82, 2.24) is 4.90 Å². The monoisotopic (exact) mass is 481 g/mol. The Hall–Kier alpha value is -1.76. The van der Waals surface area contributed by atoms with Crippen molar-refractivity contribution in [2.24, 2.45) is 5.92 Å². The summed E-state index contributed by atoms with van der Waals surface area (Å²) in [5.74, 6) is 0.817. The molecule has 0 spiro atoms. The lowest BCUT2D eigenvalue weighted by atomic mass is 9.61. The van der Waals surface area contributed by atoms with E-state index >= 15 is 0 Å². The Morgan fingerprint density at radius 3 is 2.33 bits per heavy atom. The summed E-state index contributed by atoms with van der Waals surface area (Å²) in [4.78, 5) is 2.45. The van der Waals surface area contributed by atoms with Crippen molar-refractivity contribution in [3.63, 3.8) is 0 Å². The van der Waals surface area contributed by atoms with E-state index in [0.29, 0.717) is 18.3 Å². The molecule has 0 radical (unpaired) electrons. The Balaban J connectivity index is 1.34. The molecule has 1 aliphatic carbocycles. The van der Waals surface area contributed by atoms with Gasteiger partial charge in [-0.3, -0.25) is 0 Å². The van der Waals surface area contributed by atoms with Crippen LogP contribution in [0.1, 0.15) is 43.2 Å². The number of hydrogen-bond acceptors (Lipinski definition) is 3. The van der Waals surface area contributed by atoms with Gasteiger partial charge in [-0.25, -0.2) is 0 Å². The Bertz CT molecular complexity index is 897. The van der Waals surface area contributed by atoms with E-state index in [1.165, 1.54) is 24.1 Å². The lowest BCUT2D eigenvalue weighted by Gasteiger charge is -2.49. The topological polar surface area (TPSA) is 21.7 Å². The highest BCUT2D eigenvalue weighted by Gasteiger charge is 2.46. The number of likely N-dealkylation sites (tertiary alicyclic amines) is 1. The molecule has 4 rings (SSSR count). The number of benzene rings is 2. The quantitative estimate of drug-likeness (QED) is 0.424. The fourth-order valence-corrected chi connectivity index (χ4v) is 5.38. The molecule has 0 aromatic heterocycles. The maximum Gasteiger partial charge on any atom is 0.416 e. The van der Waals surface area contributed by atoms with Crippen LogP contribution in [0, 0.1) is 5.92 Å².